The molecule has 1 saturated heterocycles. The van der Waals surface area contributed by atoms with E-state index in [1.807, 2.05) is 12.1 Å². The molecule has 0 saturated carbocycles. The lowest BCUT2D eigenvalue weighted by atomic mass is 10.0. The Morgan fingerprint density at radius 1 is 1.47 bits per heavy atom. The zero-order chi connectivity index (χ0) is 12.3. The highest BCUT2D eigenvalue weighted by Crippen LogP contribution is 2.34. The highest BCUT2D eigenvalue weighted by atomic mass is 35.5. The van der Waals surface area contributed by atoms with Crippen LogP contribution in [0, 0.1) is 5.92 Å². The fourth-order valence-corrected chi connectivity index (χ4v) is 3.07. The summed E-state index contributed by atoms with van der Waals surface area (Å²) in [4.78, 5) is 2.41. The average molecular weight is 253 g/mol. The number of hydrogen-bond donors (Lipinski definition) is 1. The van der Waals surface area contributed by atoms with Crippen LogP contribution in [-0.4, -0.2) is 13.1 Å². The largest absolute Gasteiger partial charge is 0.370 e. The first kappa shape index (κ1) is 12.7. The van der Waals surface area contributed by atoms with Crippen molar-refractivity contribution in [1.82, 2.24) is 0 Å². The predicted molar refractivity (Wildman–Crippen MR) is 74.6 cm³/mol. The van der Waals surface area contributed by atoms with Gasteiger partial charge in [-0.15, -0.1) is 0 Å². The van der Waals surface area contributed by atoms with Gasteiger partial charge in [0.05, 0.1) is 10.7 Å². The molecule has 0 bridgehead atoms. The van der Waals surface area contributed by atoms with E-state index < -0.39 is 0 Å². The summed E-state index contributed by atoms with van der Waals surface area (Å²) < 4.78 is 0. The Morgan fingerprint density at radius 3 is 3.00 bits per heavy atom. The van der Waals surface area contributed by atoms with Gasteiger partial charge >= 0.3 is 0 Å². The van der Waals surface area contributed by atoms with Crippen LogP contribution >= 0.6 is 11.6 Å². The molecule has 1 atom stereocenters. The first-order valence-corrected chi connectivity index (χ1v) is 6.86. The Labute approximate surface area is 109 Å². The number of nitrogens with zero attached hydrogens (tertiary/aromatic N) is 1. The maximum atomic E-state index is 6.32. The van der Waals surface area contributed by atoms with E-state index in [1.165, 1.54) is 19.3 Å². The minimum Gasteiger partial charge on any atom is -0.370 e. The van der Waals surface area contributed by atoms with Gasteiger partial charge in [-0.1, -0.05) is 37.1 Å². The van der Waals surface area contributed by atoms with Crippen LogP contribution in [0.4, 0.5) is 5.69 Å². The number of para-hydroxylation sites is 1. The average Bonchev–Trinajstić information content (AvgIpc) is 2.77. The van der Waals surface area contributed by atoms with Crippen LogP contribution in [0.5, 0.6) is 0 Å². The lowest BCUT2D eigenvalue weighted by Crippen LogP contribution is -2.22. The zero-order valence-electron chi connectivity index (χ0n) is 10.5. The summed E-state index contributed by atoms with van der Waals surface area (Å²) in [6, 6.07) is 6.02. The fourth-order valence-electron chi connectivity index (χ4n) is 2.76. The van der Waals surface area contributed by atoms with Crippen molar-refractivity contribution < 1.29 is 0 Å². The van der Waals surface area contributed by atoms with Gasteiger partial charge in [0.2, 0.25) is 0 Å². The second-order valence-corrected chi connectivity index (χ2v) is 5.25. The highest BCUT2D eigenvalue weighted by Gasteiger charge is 2.24. The van der Waals surface area contributed by atoms with Gasteiger partial charge in [-0.3, -0.25) is 0 Å². The number of hydrogen-bond acceptors (Lipinski definition) is 2. The maximum Gasteiger partial charge on any atom is 0.0642 e. The molecule has 1 aliphatic heterocycles. The molecule has 3 heteroatoms. The lowest BCUT2D eigenvalue weighted by Gasteiger charge is -2.23. The molecule has 1 heterocycles. The second kappa shape index (κ2) is 5.74. The van der Waals surface area contributed by atoms with E-state index in [0.717, 1.165) is 35.3 Å². The summed E-state index contributed by atoms with van der Waals surface area (Å²) in [5.41, 5.74) is 8.12. The maximum absolute atomic E-state index is 6.32. The van der Waals surface area contributed by atoms with E-state index in [-0.39, 0.29) is 0 Å². The molecule has 2 rings (SSSR count). The van der Waals surface area contributed by atoms with E-state index in [0.29, 0.717) is 6.54 Å². The van der Waals surface area contributed by atoms with Gasteiger partial charge in [0, 0.05) is 19.6 Å². The Balaban J connectivity index is 2.18. The summed E-state index contributed by atoms with van der Waals surface area (Å²) in [6.07, 6.45) is 3.87. The molecule has 0 aliphatic carbocycles. The van der Waals surface area contributed by atoms with Gasteiger partial charge in [0.1, 0.15) is 0 Å². The molecule has 0 amide bonds. The monoisotopic (exact) mass is 252 g/mol. The third-order valence-corrected chi connectivity index (χ3v) is 3.89. The Morgan fingerprint density at radius 2 is 2.29 bits per heavy atom. The van der Waals surface area contributed by atoms with Crippen molar-refractivity contribution >= 4 is 17.3 Å². The second-order valence-electron chi connectivity index (χ2n) is 4.84. The molecule has 2 N–H and O–H groups in total. The zero-order valence-corrected chi connectivity index (χ0v) is 11.2. The topological polar surface area (TPSA) is 29.3 Å². The van der Waals surface area contributed by atoms with Crippen LogP contribution in [0.2, 0.25) is 5.02 Å². The van der Waals surface area contributed by atoms with Gasteiger partial charge in [0.15, 0.2) is 0 Å². The smallest absolute Gasteiger partial charge is 0.0642 e. The first-order valence-electron chi connectivity index (χ1n) is 6.48. The van der Waals surface area contributed by atoms with Crippen molar-refractivity contribution in [3.8, 4) is 0 Å². The number of halogens is 1. The standard InChI is InChI=1S/C14H21ClN2/c1-2-4-11-7-8-17(10-11)14-12(9-16)5-3-6-13(14)15/h3,5-6,11H,2,4,7-10,16H2,1H3. The summed E-state index contributed by atoms with van der Waals surface area (Å²) in [5.74, 6) is 0.821. The molecule has 0 radical (unpaired) electrons. The molecule has 1 aromatic rings. The molecular formula is C14H21ClN2. The van der Waals surface area contributed by atoms with Crippen molar-refractivity contribution in [2.24, 2.45) is 11.7 Å². The van der Waals surface area contributed by atoms with Crippen molar-refractivity contribution in [3.05, 3.63) is 28.8 Å². The molecule has 2 nitrogen and oxygen atoms in total. The van der Waals surface area contributed by atoms with Crippen LogP contribution in [0.1, 0.15) is 31.7 Å². The third-order valence-electron chi connectivity index (χ3n) is 3.59. The van der Waals surface area contributed by atoms with Crippen LogP contribution < -0.4 is 10.6 Å². The van der Waals surface area contributed by atoms with Crippen molar-refractivity contribution in [2.75, 3.05) is 18.0 Å². The fraction of sp³-hybridized carbons (Fsp3) is 0.571. The van der Waals surface area contributed by atoms with Crippen molar-refractivity contribution in [2.45, 2.75) is 32.7 Å². The van der Waals surface area contributed by atoms with E-state index in [2.05, 4.69) is 17.9 Å². The van der Waals surface area contributed by atoms with Crippen LogP contribution in [-0.2, 0) is 6.54 Å². The minimum atomic E-state index is 0.560. The van der Waals surface area contributed by atoms with Crippen molar-refractivity contribution in [1.29, 1.82) is 0 Å². The third kappa shape index (κ3) is 2.75. The normalized spacial score (nSPS) is 19.9. The number of nitrogens with two attached hydrogens (primary N) is 1. The highest BCUT2D eigenvalue weighted by molar-refractivity contribution is 6.33. The summed E-state index contributed by atoms with van der Waals surface area (Å²) in [5, 5.41) is 0.838. The van der Waals surface area contributed by atoms with Crippen molar-refractivity contribution in [3.63, 3.8) is 0 Å². The summed E-state index contributed by atoms with van der Waals surface area (Å²) >= 11 is 6.32. The van der Waals surface area contributed by atoms with E-state index in [9.17, 15) is 0 Å². The number of rotatable bonds is 4. The Bertz CT molecular complexity index is 378. The van der Waals surface area contributed by atoms with Gasteiger partial charge in [-0.2, -0.15) is 0 Å². The number of anilines is 1. The SMILES string of the molecule is CCCC1CCN(c2c(Cl)cccc2CN)C1. The van der Waals surface area contributed by atoms with E-state index >= 15 is 0 Å². The van der Waals surface area contributed by atoms with Gasteiger partial charge in [0.25, 0.3) is 0 Å². The van der Waals surface area contributed by atoms with Crippen LogP contribution in [0.25, 0.3) is 0 Å². The molecule has 94 valence electrons. The predicted octanol–water partition coefficient (Wildman–Crippen LogP) is 3.43. The van der Waals surface area contributed by atoms with Crippen LogP contribution in [0.15, 0.2) is 18.2 Å². The lowest BCUT2D eigenvalue weighted by molar-refractivity contribution is 0.529. The molecule has 0 aromatic heterocycles. The van der Waals surface area contributed by atoms with Gasteiger partial charge in [-0.05, 0) is 30.4 Å². The number of benzene rings is 1. The molecule has 1 unspecified atom stereocenters. The quantitative estimate of drug-likeness (QED) is 0.890. The van der Waals surface area contributed by atoms with E-state index in [4.69, 9.17) is 17.3 Å². The Kier molecular flexibility index (Phi) is 4.30. The molecular weight excluding hydrogens is 232 g/mol. The molecule has 17 heavy (non-hydrogen) atoms. The van der Waals surface area contributed by atoms with Crippen LogP contribution in [0.3, 0.4) is 0 Å². The van der Waals surface area contributed by atoms with E-state index in [1.54, 1.807) is 0 Å². The minimum absolute atomic E-state index is 0.560. The molecule has 0 spiro atoms. The first-order chi connectivity index (χ1) is 8.26. The van der Waals surface area contributed by atoms with Gasteiger partial charge < -0.3 is 10.6 Å². The molecule has 1 aliphatic rings. The summed E-state index contributed by atoms with van der Waals surface area (Å²) in [7, 11) is 0. The molecule has 1 fully saturated rings. The summed E-state index contributed by atoms with van der Waals surface area (Å²) in [6.45, 7) is 5.06. The molecule has 1 aromatic carbocycles. The Hall–Kier alpha value is -0.730. The van der Waals surface area contributed by atoms with Gasteiger partial charge in [-0.25, -0.2) is 0 Å².